The normalized spacial score (nSPS) is 17.9. The van der Waals surface area contributed by atoms with Crippen LogP contribution >= 0.6 is 11.6 Å². The van der Waals surface area contributed by atoms with Crippen LogP contribution in [0.4, 0.5) is 28.9 Å². The van der Waals surface area contributed by atoms with E-state index in [9.17, 15) is 22.4 Å². The maximum atomic E-state index is 14.4. The van der Waals surface area contributed by atoms with Crippen LogP contribution in [0.15, 0.2) is 24.3 Å². The summed E-state index contributed by atoms with van der Waals surface area (Å²) in [6, 6.07) is 3.25. The number of aliphatic hydroxyl groups is 1. The average molecular weight is 435 g/mol. The summed E-state index contributed by atoms with van der Waals surface area (Å²) in [5.41, 5.74) is 0.509. The van der Waals surface area contributed by atoms with Gasteiger partial charge in [-0.05, 0) is 24.6 Å². The Labute approximate surface area is 167 Å². The van der Waals surface area contributed by atoms with E-state index in [0.717, 1.165) is 18.2 Å². The Morgan fingerprint density at radius 2 is 1.97 bits per heavy atom. The number of anilines is 2. The number of nitrogens with one attached hydrogen (secondary N) is 2. The lowest BCUT2D eigenvalue weighted by atomic mass is 10.1. The van der Waals surface area contributed by atoms with E-state index in [0.29, 0.717) is 12.5 Å². The first-order valence-electron chi connectivity index (χ1n) is 8.36. The van der Waals surface area contributed by atoms with Crippen molar-refractivity contribution in [3.05, 3.63) is 58.1 Å². The molecule has 1 aliphatic carbocycles. The molecule has 3 N–H and O–H groups in total. The molecule has 2 aromatic rings. The lowest BCUT2D eigenvalue weighted by Crippen LogP contribution is -2.26. The largest absolute Gasteiger partial charge is 0.371 e. The summed E-state index contributed by atoms with van der Waals surface area (Å²) in [7, 11) is 0. The van der Waals surface area contributed by atoms with Gasteiger partial charge in [-0.3, -0.25) is 9.63 Å². The molecule has 0 bridgehead atoms. The van der Waals surface area contributed by atoms with Crippen molar-refractivity contribution in [3.63, 3.8) is 0 Å². The number of halogens is 5. The number of amides is 1. The van der Waals surface area contributed by atoms with E-state index >= 15 is 0 Å². The van der Waals surface area contributed by atoms with Crippen LogP contribution in [0.5, 0.6) is 0 Å². The molecule has 2 aromatic carbocycles. The number of aliphatic hydroxyl groups excluding tert-OH is 1. The van der Waals surface area contributed by atoms with Crippen LogP contribution in [0, 0.1) is 29.2 Å². The molecular formula is C18H15ClF4N2O4. The number of rotatable bonds is 8. The first-order chi connectivity index (χ1) is 13.8. The number of hydroxylamine groups is 1. The third-order valence-corrected chi connectivity index (χ3v) is 4.48. The van der Waals surface area contributed by atoms with Crippen molar-refractivity contribution >= 4 is 28.9 Å². The molecule has 29 heavy (non-hydrogen) atoms. The molecule has 0 aliphatic heterocycles. The van der Waals surface area contributed by atoms with Crippen molar-refractivity contribution < 1.29 is 37.0 Å². The van der Waals surface area contributed by atoms with Crippen molar-refractivity contribution in [1.82, 2.24) is 5.48 Å². The molecule has 3 rings (SSSR count). The fraction of sp³-hybridized carbons (Fsp3) is 0.278. The average Bonchev–Trinajstić information content (AvgIpc) is 3.41. The number of benzene rings is 2. The second kappa shape index (κ2) is 8.95. The number of hydrogen-bond acceptors (Lipinski definition) is 5. The highest BCUT2D eigenvalue weighted by Gasteiger charge is 2.38. The molecule has 0 radical (unpaired) electrons. The maximum Gasteiger partial charge on any atom is 0.277 e. The molecule has 156 valence electrons. The van der Waals surface area contributed by atoms with Crippen LogP contribution in [0.25, 0.3) is 0 Å². The molecule has 2 atom stereocenters. The molecule has 1 saturated carbocycles. The monoisotopic (exact) mass is 434 g/mol. The van der Waals surface area contributed by atoms with Crippen molar-refractivity contribution in [1.29, 1.82) is 0 Å². The van der Waals surface area contributed by atoms with Gasteiger partial charge in [0.15, 0.2) is 11.6 Å². The summed E-state index contributed by atoms with van der Waals surface area (Å²) in [5.74, 6) is -5.93. The van der Waals surface area contributed by atoms with Gasteiger partial charge in [-0.2, -0.15) is 0 Å². The zero-order chi connectivity index (χ0) is 21.1. The maximum absolute atomic E-state index is 14.4. The Morgan fingerprint density at radius 3 is 2.66 bits per heavy atom. The van der Waals surface area contributed by atoms with Gasteiger partial charge in [0.25, 0.3) is 5.91 Å². The van der Waals surface area contributed by atoms with Crippen molar-refractivity contribution in [2.45, 2.75) is 12.5 Å². The lowest BCUT2D eigenvalue weighted by Gasteiger charge is -2.15. The van der Waals surface area contributed by atoms with E-state index < -0.39 is 52.2 Å². The first-order valence-corrected chi connectivity index (χ1v) is 8.73. The third-order valence-electron chi connectivity index (χ3n) is 4.21. The fourth-order valence-electron chi connectivity index (χ4n) is 2.59. The standard InChI is InChI=1S/C18H15ClF4N2O4/c19-11-5-10(18(27)25-29-6-8-3-14(8)28-7-26)17(16(23)15(11)22)24-13-2-1-9(20)4-12(13)21/h1-2,4-5,8,14,24,26H,3,6-7H2,(H,25,27). The zero-order valence-corrected chi connectivity index (χ0v) is 15.4. The number of carbonyl (C=O) groups is 1. The van der Waals surface area contributed by atoms with E-state index in [1.165, 1.54) is 0 Å². The summed E-state index contributed by atoms with van der Waals surface area (Å²) in [6.07, 6.45) is 0.442. The highest BCUT2D eigenvalue weighted by molar-refractivity contribution is 6.31. The Hall–Kier alpha value is -2.40. The predicted molar refractivity (Wildman–Crippen MR) is 94.5 cm³/mol. The van der Waals surface area contributed by atoms with Gasteiger partial charge in [-0.1, -0.05) is 11.6 Å². The van der Waals surface area contributed by atoms with Crippen LogP contribution in [0.3, 0.4) is 0 Å². The van der Waals surface area contributed by atoms with Crippen molar-refractivity contribution in [3.8, 4) is 0 Å². The van der Waals surface area contributed by atoms with E-state index in [-0.39, 0.29) is 24.3 Å². The second-order valence-electron chi connectivity index (χ2n) is 6.23. The minimum Gasteiger partial charge on any atom is -0.371 e. The van der Waals surface area contributed by atoms with E-state index in [1.54, 1.807) is 0 Å². The number of carbonyl (C=O) groups excluding carboxylic acids is 1. The van der Waals surface area contributed by atoms with E-state index in [2.05, 4.69) is 10.8 Å². The van der Waals surface area contributed by atoms with Crippen LogP contribution < -0.4 is 10.8 Å². The molecular weight excluding hydrogens is 420 g/mol. The van der Waals surface area contributed by atoms with Crippen LogP contribution in [-0.4, -0.2) is 30.5 Å². The zero-order valence-electron chi connectivity index (χ0n) is 14.6. The molecule has 0 saturated heterocycles. The third kappa shape index (κ3) is 4.96. The van der Waals surface area contributed by atoms with Gasteiger partial charge >= 0.3 is 0 Å². The first kappa shape index (κ1) is 21.3. The smallest absolute Gasteiger partial charge is 0.277 e. The molecule has 0 spiro atoms. The Morgan fingerprint density at radius 1 is 1.21 bits per heavy atom. The highest BCUT2D eigenvalue weighted by atomic mass is 35.5. The van der Waals surface area contributed by atoms with Crippen LogP contribution in [-0.2, 0) is 9.57 Å². The molecule has 1 fully saturated rings. The summed E-state index contributed by atoms with van der Waals surface area (Å²) in [4.78, 5) is 17.4. The highest BCUT2D eigenvalue weighted by Crippen LogP contribution is 2.34. The van der Waals surface area contributed by atoms with E-state index in [1.807, 2.05) is 0 Å². The molecule has 0 aromatic heterocycles. The molecule has 2 unspecified atom stereocenters. The van der Waals surface area contributed by atoms with Crippen molar-refractivity contribution in [2.75, 3.05) is 18.7 Å². The van der Waals surface area contributed by atoms with Gasteiger partial charge in [-0.25, -0.2) is 23.0 Å². The Balaban J connectivity index is 1.77. The summed E-state index contributed by atoms with van der Waals surface area (Å²) >= 11 is 5.61. The minimum atomic E-state index is -1.52. The van der Waals surface area contributed by atoms with Gasteiger partial charge < -0.3 is 15.2 Å². The Kier molecular flexibility index (Phi) is 6.58. The number of hydrogen-bond donors (Lipinski definition) is 3. The van der Waals surface area contributed by atoms with Gasteiger partial charge in [0.2, 0.25) is 0 Å². The molecule has 11 heteroatoms. The molecule has 1 aliphatic rings. The van der Waals surface area contributed by atoms with Gasteiger partial charge in [-0.15, -0.1) is 0 Å². The lowest BCUT2D eigenvalue weighted by molar-refractivity contribution is -0.0283. The number of ether oxygens (including phenoxy) is 1. The SMILES string of the molecule is O=C(NOCC1CC1OCO)c1cc(Cl)c(F)c(F)c1Nc1ccc(F)cc1F. The van der Waals surface area contributed by atoms with Gasteiger partial charge in [0.05, 0.1) is 34.7 Å². The quantitative estimate of drug-likeness (QED) is 0.256. The fourth-order valence-corrected chi connectivity index (χ4v) is 2.78. The summed E-state index contributed by atoms with van der Waals surface area (Å²) in [6.45, 7) is -0.376. The van der Waals surface area contributed by atoms with Gasteiger partial charge in [0, 0.05) is 12.0 Å². The van der Waals surface area contributed by atoms with Gasteiger partial charge in [0.1, 0.15) is 18.4 Å². The molecule has 1 amide bonds. The second-order valence-corrected chi connectivity index (χ2v) is 6.64. The molecule has 0 heterocycles. The summed E-state index contributed by atoms with van der Waals surface area (Å²) in [5, 5.41) is 10.2. The van der Waals surface area contributed by atoms with Crippen LogP contribution in [0.1, 0.15) is 16.8 Å². The molecule has 6 nitrogen and oxygen atoms in total. The predicted octanol–water partition coefficient (Wildman–Crippen LogP) is 3.66. The Bertz CT molecular complexity index is 931. The minimum absolute atomic E-state index is 0.0399. The van der Waals surface area contributed by atoms with Crippen molar-refractivity contribution in [2.24, 2.45) is 5.92 Å². The van der Waals surface area contributed by atoms with E-state index in [4.69, 9.17) is 26.3 Å². The summed E-state index contributed by atoms with van der Waals surface area (Å²) < 4.78 is 60.2. The topological polar surface area (TPSA) is 79.8 Å². The van der Waals surface area contributed by atoms with Crippen LogP contribution in [0.2, 0.25) is 5.02 Å².